The molecule has 0 amide bonds. The number of anilines is 9. The van der Waals surface area contributed by atoms with Gasteiger partial charge in [-0.2, -0.15) is 0 Å². The molecule has 4 aliphatic rings. The molecule has 0 saturated heterocycles. The van der Waals surface area contributed by atoms with Gasteiger partial charge in [0.25, 0.3) is 0 Å². The molecule has 5 nitrogen and oxygen atoms in total. The zero-order valence-corrected chi connectivity index (χ0v) is 49.4. The number of nitrogens with zero attached hydrogens (tertiary/aromatic N) is 3. The van der Waals surface area contributed by atoms with Crippen molar-refractivity contribution in [2.24, 2.45) is 0 Å². The number of fused-ring (bicyclic) bond motifs is 10. The SMILES string of the molecule is c1ccc(Oc2cc3c4c(c2)N(c2ccc(-c5c6ccccc6c(-c6ccccc6)c6ccccc56)cc2)c2ccccc2B4c2cc4c(cc2[Se]3)N(c2ccccc2)c2cc(Oc3ccccc3)cc3c2B4c2ccccc2N3c2ccccc2)cc1. The van der Waals surface area contributed by atoms with E-state index in [-0.39, 0.29) is 28.4 Å². The summed E-state index contributed by atoms with van der Waals surface area (Å²) < 4.78 is 16.5. The molecule has 0 bridgehead atoms. The molecule has 0 unspecified atom stereocenters. The van der Waals surface area contributed by atoms with Crippen molar-refractivity contribution in [2.45, 2.75) is 0 Å². The molecule has 0 radical (unpaired) electrons. The van der Waals surface area contributed by atoms with E-state index in [2.05, 4.69) is 263 Å². The number of benzene rings is 14. The van der Waals surface area contributed by atoms with E-state index in [0.29, 0.717) is 0 Å². The molecule has 0 spiro atoms. The van der Waals surface area contributed by atoms with E-state index in [9.17, 15) is 0 Å². The molecular weight excluding hydrogens is 1140 g/mol. The van der Waals surface area contributed by atoms with Crippen LogP contribution in [0.2, 0.25) is 0 Å². The third kappa shape index (κ3) is 8.03. The minimum atomic E-state index is -0.141. The molecule has 4 heterocycles. The summed E-state index contributed by atoms with van der Waals surface area (Å²) in [6.07, 6.45) is 0. The predicted octanol–water partition coefficient (Wildman–Crippen LogP) is 15.3. The topological polar surface area (TPSA) is 28.2 Å². The summed E-state index contributed by atoms with van der Waals surface area (Å²) in [7, 11) is 0. The van der Waals surface area contributed by atoms with Crippen LogP contribution in [-0.2, 0) is 0 Å². The van der Waals surface area contributed by atoms with Crippen LogP contribution in [0.15, 0.2) is 309 Å². The van der Waals surface area contributed by atoms with E-state index in [1.807, 2.05) is 60.7 Å². The summed E-state index contributed by atoms with van der Waals surface area (Å²) in [6, 6.07) is 113. The van der Waals surface area contributed by atoms with Crippen molar-refractivity contribution in [3.63, 3.8) is 0 Å². The van der Waals surface area contributed by atoms with E-state index in [1.165, 1.54) is 91.2 Å². The summed E-state index contributed by atoms with van der Waals surface area (Å²) in [5.41, 5.74) is 22.8. The molecule has 4 aliphatic heterocycles. The van der Waals surface area contributed by atoms with Gasteiger partial charge in [0.2, 0.25) is 0 Å². The van der Waals surface area contributed by atoms with Gasteiger partial charge in [-0.15, -0.1) is 0 Å². The monoisotopic (exact) mass is 1190 g/mol. The molecular formula is C80H51B2N3O2Se. The van der Waals surface area contributed by atoms with Crippen LogP contribution in [0, 0.1) is 0 Å². The Balaban J connectivity index is 0.839. The first kappa shape index (κ1) is 50.6. The summed E-state index contributed by atoms with van der Waals surface area (Å²) in [5.74, 6) is 3.19. The molecule has 0 aliphatic carbocycles. The van der Waals surface area contributed by atoms with Crippen LogP contribution in [0.1, 0.15) is 0 Å². The van der Waals surface area contributed by atoms with Crippen molar-refractivity contribution in [1.29, 1.82) is 0 Å². The second-order valence-electron chi connectivity index (χ2n) is 23.0. The van der Waals surface area contributed by atoms with Gasteiger partial charge >= 0.3 is 474 Å². The average Bonchev–Trinajstić information content (AvgIpc) is 1.56. The van der Waals surface area contributed by atoms with Gasteiger partial charge in [-0.1, -0.05) is 42.5 Å². The van der Waals surface area contributed by atoms with Gasteiger partial charge in [-0.25, -0.2) is 0 Å². The molecule has 8 heteroatoms. The van der Waals surface area contributed by atoms with Gasteiger partial charge in [0, 0.05) is 0 Å². The van der Waals surface area contributed by atoms with Crippen LogP contribution in [-0.4, -0.2) is 28.4 Å². The van der Waals surface area contributed by atoms with E-state index in [4.69, 9.17) is 9.47 Å². The van der Waals surface area contributed by atoms with Gasteiger partial charge < -0.3 is 0 Å². The Morgan fingerprint density at radius 2 is 0.636 bits per heavy atom. The fourth-order valence-electron chi connectivity index (χ4n) is 14.6. The van der Waals surface area contributed by atoms with Crippen LogP contribution < -0.4 is 65.9 Å². The zero-order chi connectivity index (χ0) is 57.8. The molecule has 14 aromatic carbocycles. The summed E-state index contributed by atoms with van der Waals surface area (Å²) in [4.78, 5) is 7.46. The minimum absolute atomic E-state index is 0.0633. The van der Waals surface area contributed by atoms with Crippen LogP contribution in [0.25, 0.3) is 43.8 Å². The number of para-hydroxylation sites is 6. The summed E-state index contributed by atoms with van der Waals surface area (Å²) in [6.45, 7) is -0.161. The van der Waals surface area contributed by atoms with Crippen LogP contribution >= 0.6 is 0 Å². The van der Waals surface area contributed by atoms with Crippen molar-refractivity contribution in [3.8, 4) is 45.3 Å². The van der Waals surface area contributed by atoms with Crippen LogP contribution in [0.5, 0.6) is 23.0 Å². The van der Waals surface area contributed by atoms with E-state index in [0.717, 1.165) is 68.5 Å². The quantitative estimate of drug-likeness (QED) is 0.106. The fraction of sp³-hybridized carbons (Fsp3) is 0. The predicted molar refractivity (Wildman–Crippen MR) is 370 cm³/mol. The molecule has 0 fully saturated rings. The Labute approximate surface area is 518 Å². The number of ether oxygens (including phenoxy) is 2. The van der Waals surface area contributed by atoms with Crippen LogP contribution in [0.3, 0.4) is 0 Å². The van der Waals surface area contributed by atoms with Crippen molar-refractivity contribution in [2.75, 3.05) is 14.7 Å². The van der Waals surface area contributed by atoms with Crippen molar-refractivity contribution >= 4 is 143 Å². The Kier molecular flexibility index (Phi) is 11.8. The second-order valence-corrected chi connectivity index (χ2v) is 25.3. The van der Waals surface area contributed by atoms with E-state index < -0.39 is 0 Å². The molecule has 0 aromatic heterocycles. The van der Waals surface area contributed by atoms with Gasteiger partial charge in [0.1, 0.15) is 0 Å². The molecule has 18 rings (SSSR count). The molecule has 0 saturated carbocycles. The summed E-state index contributed by atoms with van der Waals surface area (Å²) >= 11 is -0.141. The number of hydrogen-bond donors (Lipinski definition) is 0. The van der Waals surface area contributed by atoms with Gasteiger partial charge in [0.05, 0.1) is 0 Å². The number of rotatable bonds is 9. The Morgan fingerprint density at radius 1 is 0.250 bits per heavy atom. The second kappa shape index (κ2) is 20.5. The molecule has 88 heavy (non-hydrogen) atoms. The van der Waals surface area contributed by atoms with Crippen LogP contribution in [0.4, 0.5) is 51.2 Å². The first-order valence-corrected chi connectivity index (χ1v) is 31.8. The molecule has 0 N–H and O–H groups in total. The molecule has 410 valence electrons. The fourth-order valence-corrected chi connectivity index (χ4v) is 17.1. The van der Waals surface area contributed by atoms with Gasteiger partial charge in [-0.05, 0) is 5.56 Å². The van der Waals surface area contributed by atoms with E-state index in [1.54, 1.807) is 0 Å². The Bertz CT molecular complexity index is 5040. The Morgan fingerprint density at radius 3 is 1.15 bits per heavy atom. The number of hydrogen-bond acceptors (Lipinski definition) is 5. The first-order chi connectivity index (χ1) is 43.7. The van der Waals surface area contributed by atoms with Crippen molar-refractivity contribution < 1.29 is 9.47 Å². The Hall–Kier alpha value is -10.8. The van der Waals surface area contributed by atoms with Crippen molar-refractivity contribution in [3.05, 3.63) is 309 Å². The average molecular weight is 1190 g/mol. The standard InChI is InChI=1S/C80H51B2N3O2Se/c1-6-24-52(25-7-1)77-61-34-16-18-36-63(61)78(64-37-19-17-35-62(64)77)53-42-44-56(45-43-53)84-70-41-23-21-39-66(70)82-68-50-67-71(51-75(68)88-76-49-60(48-74(84)80(76)82)87-58-32-14-5-15-33-58)85(55-28-10-3-11-29-55)73-47-59(86-57-30-12-4-13-31-57)46-72-79(73)81(67)65-38-20-22-40-69(65)83(72)54-26-8-2-9-27-54/h1-51H. The maximum atomic E-state index is 6.94. The van der Waals surface area contributed by atoms with Gasteiger partial charge in [-0.3, -0.25) is 0 Å². The zero-order valence-electron chi connectivity index (χ0n) is 47.7. The summed E-state index contributed by atoms with van der Waals surface area (Å²) in [5, 5.41) is 4.96. The first-order valence-electron chi connectivity index (χ1n) is 30.1. The molecule has 14 aromatic rings. The van der Waals surface area contributed by atoms with E-state index >= 15 is 0 Å². The third-order valence-corrected chi connectivity index (χ3v) is 20.5. The van der Waals surface area contributed by atoms with Crippen molar-refractivity contribution in [1.82, 2.24) is 0 Å². The normalized spacial score (nSPS) is 13.1. The maximum absolute atomic E-state index is 6.94. The third-order valence-electron chi connectivity index (χ3n) is 18.1. The van der Waals surface area contributed by atoms with Gasteiger partial charge in [0.15, 0.2) is 0 Å². The molecule has 0 atom stereocenters.